The van der Waals surface area contributed by atoms with Crippen molar-refractivity contribution in [2.45, 2.75) is 26.3 Å². The highest BCUT2D eigenvalue weighted by atomic mass is 32.2. The van der Waals surface area contributed by atoms with E-state index in [0.717, 1.165) is 0 Å². The van der Waals surface area contributed by atoms with Gasteiger partial charge in [0.15, 0.2) is 9.84 Å². The molecule has 0 saturated heterocycles. The zero-order valence-electron chi connectivity index (χ0n) is 10.1. The Bertz CT molecular complexity index is 386. The van der Waals surface area contributed by atoms with Crippen LogP contribution in [0.25, 0.3) is 0 Å². The molecule has 0 aromatic carbocycles. The van der Waals surface area contributed by atoms with Gasteiger partial charge in [0.05, 0.1) is 11.5 Å². The Morgan fingerprint density at radius 1 is 1.12 bits per heavy atom. The molecule has 0 aliphatic rings. The minimum absolute atomic E-state index is 0.0286. The third-order valence-corrected chi connectivity index (χ3v) is 4.94. The first kappa shape index (κ1) is 15.9. The summed E-state index contributed by atoms with van der Waals surface area (Å²) in [6.07, 6.45) is 1.78. The SMILES string of the molecule is CCCS(=O)(=O)CCNC(C)CS(C)(=O)=O. The van der Waals surface area contributed by atoms with Crippen LogP contribution in [0.1, 0.15) is 20.3 Å². The lowest BCUT2D eigenvalue weighted by Crippen LogP contribution is -2.36. The molecule has 0 saturated carbocycles. The summed E-state index contributed by atoms with van der Waals surface area (Å²) >= 11 is 0. The molecule has 0 aromatic rings. The first-order valence-corrected chi connectivity index (χ1v) is 9.16. The van der Waals surface area contributed by atoms with E-state index in [0.29, 0.717) is 13.0 Å². The molecule has 0 fully saturated rings. The van der Waals surface area contributed by atoms with Crippen LogP contribution in [0.2, 0.25) is 0 Å². The zero-order chi connectivity index (χ0) is 12.8. The molecule has 0 rings (SSSR count). The Kier molecular flexibility index (Phi) is 6.50. The van der Waals surface area contributed by atoms with E-state index in [4.69, 9.17) is 0 Å². The fraction of sp³-hybridized carbons (Fsp3) is 1.00. The summed E-state index contributed by atoms with van der Waals surface area (Å²) in [5.41, 5.74) is 0. The normalized spacial score (nSPS) is 14.9. The highest BCUT2D eigenvalue weighted by Crippen LogP contribution is 1.94. The van der Waals surface area contributed by atoms with Crippen LogP contribution < -0.4 is 5.32 Å². The van der Waals surface area contributed by atoms with Crippen molar-refractivity contribution in [1.82, 2.24) is 5.32 Å². The lowest BCUT2D eigenvalue weighted by Gasteiger charge is -2.12. The summed E-state index contributed by atoms with van der Waals surface area (Å²) in [7, 11) is -5.99. The first-order valence-electron chi connectivity index (χ1n) is 5.28. The van der Waals surface area contributed by atoms with Gasteiger partial charge in [-0.25, -0.2) is 16.8 Å². The van der Waals surface area contributed by atoms with Crippen molar-refractivity contribution < 1.29 is 16.8 Å². The van der Waals surface area contributed by atoms with Crippen molar-refractivity contribution in [3.63, 3.8) is 0 Å². The Labute approximate surface area is 98.5 Å². The molecule has 1 unspecified atom stereocenters. The van der Waals surface area contributed by atoms with E-state index in [1.807, 2.05) is 6.92 Å². The molecule has 0 radical (unpaired) electrons. The molecule has 5 nitrogen and oxygen atoms in total. The lowest BCUT2D eigenvalue weighted by molar-refractivity contribution is 0.564. The van der Waals surface area contributed by atoms with Crippen molar-refractivity contribution >= 4 is 19.7 Å². The highest BCUT2D eigenvalue weighted by Gasteiger charge is 2.12. The number of sulfone groups is 2. The van der Waals surface area contributed by atoms with Crippen LogP contribution in [-0.2, 0) is 19.7 Å². The minimum atomic E-state index is -3.01. The van der Waals surface area contributed by atoms with E-state index in [-0.39, 0.29) is 23.3 Å². The maximum absolute atomic E-state index is 11.3. The van der Waals surface area contributed by atoms with E-state index in [2.05, 4.69) is 5.32 Å². The monoisotopic (exact) mass is 271 g/mol. The van der Waals surface area contributed by atoms with Crippen LogP contribution in [0.5, 0.6) is 0 Å². The van der Waals surface area contributed by atoms with E-state index in [9.17, 15) is 16.8 Å². The summed E-state index contributed by atoms with van der Waals surface area (Å²) in [5, 5.41) is 2.90. The standard InChI is InChI=1S/C9H21NO4S2/c1-4-6-16(13,14)7-5-10-9(2)8-15(3,11)12/h9-10H,4-8H2,1-3H3. The van der Waals surface area contributed by atoms with Crippen LogP contribution in [-0.4, -0.2) is 52.9 Å². The van der Waals surface area contributed by atoms with Gasteiger partial charge in [-0.1, -0.05) is 6.92 Å². The van der Waals surface area contributed by atoms with Gasteiger partial charge in [0.2, 0.25) is 0 Å². The Balaban J connectivity index is 3.91. The number of nitrogens with one attached hydrogen (secondary N) is 1. The van der Waals surface area contributed by atoms with Crippen molar-refractivity contribution in [2.75, 3.05) is 30.1 Å². The average molecular weight is 271 g/mol. The predicted octanol–water partition coefficient (Wildman–Crippen LogP) is -0.166. The Hall–Kier alpha value is -0.140. The molecule has 1 N–H and O–H groups in total. The molecule has 98 valence electrons. The molecule has 0 spiro atoms. The second kappa shape index (κ2) is 6.56. The fourth-order valence-electron chi connectivity index (χ4n) is 1.39. The number of rotatable bonds is 8. The fourth-order valence-corrected chi connectivity index (χ4v) is 3.67. The molecule has 0 bridgehead atoms. The maximum atomic E-state index is 11.3. The van der Waals surface area contributed by atoms with Gasteiger partial charge in [0, 0.05) is 24.6 Å². The average Bonchev–Trinajstić information content (AvgIpc) is 1.99. The van der Waals surface area contributed by atoms with Crippen LogP contribution in [0.4, 0.5) is 0 Å². The molecule has 0 heterocycles. The highest BCUT2D eigenvalue weighted by molar-refractivity contribution is 7.91. The second-order valence-electron chi connectivity index (χ2n) is 4.10. The molecule has 7 heteroatoms. The van der Waals surface area contributed by atoms with Crippen LogP contribution in [0.15, 0.2) is 0 Å². The van der Waals surface area contributed by atoms with E-state index in [1.165, 1.54) is 6.26 Å². The van der Waals surface area contributed by atoms with E-state index >= 15 is 0 Å². The van der Waals surface area contributed by atoms with Crippen LogP contribution in [0, 0.1) is 0 Å². The van der Waals surface area contributed by atoms with Gasteiger partial charge in [0.25, 0.3) is 0 Å². The van der Waals surface area contributed by atoms with Crippen molar-refractivity contribution in [3.05, 3.63) is 0 Å². The van der Waals surface area contributed by atoms with Gasteiger partial charge in [-0.05, 0) is 13.3 Å². The largest absolute Gasteiger partial charge is 0.312 e. The first-order chi connectivity index (χ1) is 7.16. The predicted molar refractivity (Wildman–Crippen MR) is 66.1 cm³/mol. The van der Waals surface area contributed by atoms with Gasteiger partial charge >= 0.3 is 0 Å². The third-order valence-electron chi connectivity index (χ3n) is 1.97. The molecule has 0 aromatic heterocycles. The second-order valence-corrected chi connectivity index (χ2v) is 8.59. The number of hydrogen-bond acceptors (Lipinski definition) is 5. The molecular weight excluding hydrogens is 250 g/mol. The molecule has 0 amide bonds. The van der Waals surface area contributed by atoms with Crippen LogP contribution in [0.3, 0.4) is 0 Å². The maximum Gasteiger partial charge on any atom is 0.151 e. The number of hydrogen-bond donors (Lipinski definition) is 1. The quantitative estimate of drug-likeness (QED) is 0.663. The summed E-state index contributed by atoms with van der Waals surface area (Å²) < 4.78 is 44.6. The Morgan fingerprint density at radius 2 is 1.69 bits per heavy atom. The van der Waals surface area contributed by atoms with Gasteiger partial charge in [0.1, 0.15) is 9.84 Å². The summed E-state index contributed by atoms with van der Waals surface area (Å²) in [4.78, 5) is 0. The molecule has 16 heavy (non-hydrogen) atoms. The molecule has 0 aliphatic carbocycles. The van der Waals surface area contributed by atoms with Crippen molar-refractivity contribution in [2.24, 2.45) is 0 Å². The molecule has 1 atom stereocenters. The van der Waals surface area contributed by atoms with Gasteiger partial charge in [-0.3, -0.25) is 0 Å². The van der Waals surface area contributed by atoms with Gasteiger partial charge in [-0.15, -0.1) is 0 Å². The van der Waals surface area contributed by atoms with Crippen molar-refractivity contribution in [3.8, 4) is 0 Å². The van der Waals surface area contributed by atoms with Crippen LogP contribution >= 0.6 is 0 Å². The summed E-state index contributed by atoms with van der Waals surface area (Å²) in [6.45, 7) is 3.85. The minimum Gasteiger partial charge on any atom is -0.312 e. The Morgan fingerprint density at radius 3 is 2.12 bits per heavy atom. The molecule has 0 aliphatic heterocycles. The van der Waals surface area contributed by atoms with Crippen molar-refractivity contribution in [1.29, 1.82) is 0 Å². The topological polar surface area (TPSA) is 80.3 Å². The van der Waals surface area contributed by atoms with Gasteiger partial charge < -0.3 is 5.32 Å². The summed E-state index contributed by atoms with van der Waals surface area (Å²) in [6, 6.07) is -0.216. The summed E-state index contributed by atoms with van der Waals surface area (Å²) in [5.74, 6) is 0.283. The van der Waals surface area contributed by atoms with E-state index in [1.54, 1.807) is 6.92 Å². The van der Waals surface area contributed by atoms with E-state index < -0.39 is 19.7 Å². The third kappa shape index (κ3) is 9.11. The molecular formula is C9H21NO4S2. The smallest absolute Gasteiger partial charge is 0.151 e. The lowest BCUT2D eigenvalue weighted by atomic mass is 10.4. The van der Waals surface area contributed by atoms with Gasteiger partial charge in [-0.2, -0.15) is 0 Å². The zero-order valence-corrected chi connectivity index (χ0v) is 11.7.